The molecule has 1 aliphatic heterocycles. The molecule has 0 fully saturated rings. The molecule has 6 nitrogen and oxygen atoms in total. The summed E-state index contributed by atoms with van der Waals surface area (Å²) in [5, 5.41) is 4.55. The molecule has 1 unspecified atom stereocenters. The Balaban J connectivity index is 1.66. The largest absolute Gasteiger partial charge is 0.465 e. The van der Waals surface area contributed by atoms with E-state index in [1.54, 1.807) is 37.3 Å². The van der Waals surface area contributed by atoms with Gasteiger partial charge in [0.1, 0.15) is 6.04 Å². The number of amides is 2. The van der Waals surface area contributed by atoms with Gasteiger partial charge in [0.2, 0.25) is 5.91 Å². The van der Waals surface area contributed by atoms with E-state index < -0.39 is 17.9 Å². The first-order valence-electron chi connectivity index (χ1n) is 8.86. The van der Waals surface area contributed by atoms with Crippen LogP contribution in [0.4, 0.5) is 11.4 Å². The molecule has 0 spiro atoms. The third kappa shape index (κ3) is 2.70. The molecule has 0 saturated heterocycles. The van der Waals surface area contributed by atoms with Gasteiger partial charge in [-0.15, -0.1) is 0 Å². The Morgan fingerprint density at radius 2 is 1.71 bits per heavy atom. The van der Waals surface area contributed by atoms with Crippen molar-refractivity contribution in [1.82, 2.24) is 0 Å². The molecule has 1 heterocycles. The Labute approximate surface area is 161 Å². The normalized spacial score (nSPS) is 13.5. The van der Waals surface area contributed by atoms with E-state index in [1.807, 2.05) is 30.3 Å². The summed E-state index contributed by atoms with van der Waals surface area (Å²) < 4.78 is 4.76. The summed E-state index contributed by atoms with van der Waals surface area (Å²) in [6, 6.07) is 17.0. The van der Waals surface area contributed by atoms with E-state index in [-0.39, 0.29) is 11.5 Å². The average molecular weight is 374 g/mol. The number of methoxy groups -OCH3 is 1. The Morgan fingerprint density at radius 3 is 2.46 bits per heavy atom. The summed E-state index contributed by atoms with van der Waals surface area (Å²) in [6.45, 7) is 1.67. The standard InChI is InChI=1S/C22H18N2O4/c1-13(20(25)23-17-11-4-3-9-15(17)22(27)28-2)24-18-12-6-8-14-7-5-10-16(19(14)18)21(24)26/h3-13H,1-2H3,(H,23,25). The minimum Gasteiger partial charge on any atom is -0.465 e. The summed E-state index contributed by atoms with van der Waals surface area (Å²) in [6.07, 6.45) is 0. The van der Waals surface area contributed by atoms with Crippen LogP contribution in [0, 0.1) is 0 Å². The molecule has 1 aliphatic rings. The van der Waals surface area contributed by atoms with Crippen LogP contribution in [0.3, 0.4) is 0 Å². The smallest absolute Gasteiger partial charge is 0.339 e. The van der Waals surface area contributed by atoms with Crippen LogP contribution in [0.1, 0.15) is 27.6 Å². The number of nitrogens with one attached hydrogen (secondary N) is 1. The molecule has 3 aromatic rings. The number of para-hydroxylation sites is 1. The van der Waals surface area contributed by atoms with Crippen LogP contribution in [0.25, 0.3) is 10.8 Å². The number of hydrogen-bond donors (Lipinski definition) is 1. The molecule has 3 aromatic carbocycles. The minimum atomic E-state index is -0.767. The second kappa shape index (κ2) is 6.81. The van der Waals surface area contributed by atoms with Gasteiger partial charge in [0.25, 0.3) is 5.91 Å². The molecule has 0 aliphatic carbocycles. The van der Waals surface area contributed by atoms with E-state index >= 15 is 0 Å². The van der Waals surface area contributed by atoms with Crippen molar-refractivity contribution < 1.29 is 19.1 Å². The minimum absolute atomic E-state index is 0.212. The van der Waals surface area contributed by atoms with Crippen LogP contribution in [0.15, 0.2) is 60.7 Å². The Kier molecular flexibility index (Phi) is 4.31. The highest BCUT2D eigenvalue weighted by molar-refractivity contribution is 6.27. The third-order valence-corrected chi connectivity index (χ3v) is 4.95. The number of rotatable bonds is 4. The first kappa shape index (κ1) is 17.7. The maximum Gasteiger partial charge on any atom is 0.339 e. The molecule has 1 N–H and O–H groups in total. The number of carbonyl (C=O) groups excluding carboxylic acids is 3. The van der Waals surface area contributed by atoms with Gasteiger partial charge < -0.3 is 10.1 Å². The molecule has 1 atom stereocenters. The molecule has 28 heavy (non-hydrogen) atoms. The number of hydrogen-bond acceptors (Lipinski definition) is 4. The summed E-state index contributed by atoms with van der Waals surface area (Å²) in [7, 11) is 1.28. The highest BCUT2D eigenvalue weighted by Gasteiger charge is 2.36. The molecule has 4 rings (SSSR count). The lowest BCUT2D eigenvalue weighted by atomic mass is 10.1. The second-order valence-electron chi connectivity index (χ2n) is 6.56. The number of anilines is 2. The van der Waals surface area contributed by atoms with E-state index in [0.29, 0.717) is 16.9 Å². The number of esters is 1. The fourth-order valence-corrected chi connectivity index (χ4v) is 3.56. The van der Waals surface area contributed by atoms with E-state index in [0.717, 1.165) is 10.8 Å². The van der Waals surface area contributed by atoms with Crippen molar-refractivity contribution in [1.29, 1.82) is 0 Å². The number of benzene rings is 3. The van der Waals surface area contributed by atoms with Crippen LogP contribution >= 0.6 is 0 Å². The number of carbonyl (C=O) groups is 3. The van der Waals surface area contributed by atoms with Crippen molar-refractivity contribution in [3.05, 3.63) is 71.8 Å². The summed E-state index contributed by atoms with van der Waals surface area (Å²) in [5.74, 6) is -1.15. The lowest BCUT2D eigenvalue weighted by Gasteiger charge is -2.25. The number of ether oxygens (including phenoxy) is 1. The van der Waals surface area contributed by atoms with Gasteiger partial charge in [0, 0.05) is 10.9 Å². The van der Waals surface area contributed by atoms with Gasteiger partial charge >= 0.3 is 5.97 Å². The zero-order valence-electron chi connectivity index (χ0n) is 15.4. The van der Waals surface area contributed by atoms with Gasteiger partial charge in [-0.3, -0.25) is 14.5 Å². The monoisotopic (exact) mass is 374 g/mol. The topological polar surface area (TPSA) is 75.7 Å². The van der Waals surface area contributed by atoms with Crippen LogP contribution in [0.5, 0.6) is 0 Å². The van der Waals surface area contributed by atoms with Crippen LogP contribution < -0.4 is 10.2 Å². The molecule has 140 valence electrons. The fourth-order valence-electron chi connectivity index (χ4n) is 3.56. The van der Waals surface area contributed by atoms with E-state index in [9.17, 15) is 14.4 Å². The Bertz CT molecular complexity index is 1120. The maximum atomic E-state index is 13.0. The predicted molar refractivity (Wildman–Crippen MR) is 107 cm³/mol. The van der Waals surface area contributed by atoms with Crippen LogP contribution in [0.2, 0.25) is 0 Å². The van der Waals surface area contributed by atoms with E-state index in [2.05, 4.69) is 5.32 Å². The van der Waals surface area contributed by atoms with Gasteiger partial charge in [0.15, 0.2) is 0 Å². The molecule has 0 saturated carbocycles. The quantitative estimate of drug-likeness (QED) is 0.708. The molecule has 2 amide bonds. The molecule has 6 heteroatoms. The summed E-state index contributed by atoms with van der Waals surface area (Å²) in [4.78, 5) is 39.3. The Hall–Kier alpha value is -3.67. The summed E-state index contributed by atoms with van der Waals surface area (Å²) >= 11 is 0. The molecule has 0 aromatic heterocycles. The maximum absolute atomic E-state index is 13.0. The fraction of sp³-hybridized carbons (Fsp3) is 0.136. The first-order chi connectivity index (χ1) is 13.5. The zero-order valence-corrected chi connectivity index (χ0v) is 15.4. The van der Waals surface area contributed by atoms with Crippen molar-refractivity contribution in [2.24, 2.45) is 0 Å². The van der Waals surface area contributed by atoms with E-state index in [4.69, 9.17) is 4.74 Å². The van der Waals surface area contributed by atoms with Crippen LogP contribution in [-0.4, -0.2) is 30.9 Å². The van der Waals surface area contributed by atoms with Gasteiger partial charge in [-0.1, -0.05) is 36.4 Å². The van der Waals surface area contributed by atoms with Crippen molar-refractivity contribution in [3.63, 3.8) is 0 Å². The molecule has 0 radical (unpaired) electrons. The summed E-state index contributed by atoms with van der Waals surface area (Å²) in [5.41, 5.74) is 1.89. The van der Waals surface area contributed by atoms with E-state index in [1.165, 1.54) is 12.0 Å². The van der Waals surface area contributed by atoms with Gasteiger partial charge in [0.05, 0.1) is 24.0 Å². The first-order valence-corrected chi connectivity index (χ1v) is 8.86. The van der Waals surface area contributed by atoms with Crippen molar-refractivity contribution in [3.8, 4) is 0 Å². The highest BCUT2D eigenvalue weighted by atomic mass is 16.5. The number of nitrogens with zero attached hydrogens (tertiary/aromatic N) is 1. The Morgan fingerprint density at radius 1 is 1.00 bits per heavy atom. The lowest BCUT2D eigenvalue weighted by molar-refractivity contribution is -0.117. The van der Waals surface area contributed by atoms with Gasteiger partial charge in [-0.25, -0.2) is 4.79 Å². The van der Waals surface area contributed by atoms with Crippen molar-refractivity contribution >= 4 is 39.9 Å². The van der Waals surface area contributed by atoms with Gasteiger partial charge in [-0.05, 0) is 36.6 Å². The van der Waals surface area contributed by atoms with Crippen LogP contribution in [-0.2, 0) is 9.53 Å². The zero-order chi connectivity index (χ0) is 19.8. The lowest BCUT2D eigenvalue weighted by Crippen LogP contribution is -2.44. The SMILES string of the molecule is COC(=O)c1ccccc1NC(=O)C(C)N1C(=O)c2cccc3cccc1c23. The van der Waals surface area contributed by atoms with Gasteiger partial charge in [-0.2, -0.15) is 0 Å². The van der Waals surface area contributed by atoms with Crippen molar-refractivity contribution in [2.75, 3.05) is 17.3 Å². The molecular formula is C22H18N2O4. The van der Waals surface area contributed by atoms with Crippen molar-refractivity contribution in [2.45, 2.75) is 13.0 Å². The molecule has 0 bridgehead atoms. The molecular weight excluding hydrogens is 356 g/mol. The highest BCUT2D eigenvalue weighted by Crippen LogP contribution is 2.38. The second-order valence-corrected chi connectivity index (χ2v) is 6.56. The average Bonchev–Trinajstić information content (AvgIpc) is 3.01. The third-order valence-electron chi connectivity index (χ3n) is 4.95. The predicted octanol–water partition coefficient (Wildman–Crippen LogP) is 3.61.